The van der Waals surface area contributed by atoms with E-state index in [4.69, 9.17) is 27.9 Å². The van der Waals surface area contributed by atoms with E-state index in [1.54, 1.807) is 19.9 Å². The van der Waals surface area contributed by atoms with Crippen molar-refractivity contribution in [1.29, 1.82) is 0 Å². The molecule has 0 N–H and O–H groups in total. The Kier molecular flexibility index (Phi) is 7.86. The Balaban J connectivity index is 1.61. The lowest BCUT2D eigenvalue weighted by Crippen LogP contribution is -2.33. The van der Waals surface area contributed by atoms with Gasteiger partial charge in [0.05, 0.1) is 29.8 Å². The number of likely N-dealkylation sites (tertiary alicyclic amines) is 1. The lowest BCUT2D eigenvalue weighted by atomic mass is 9.93. The zero-order valence-electron chi connectivity index (χ0n) is 21.0. The molecule has 0 spiro atoms. The predicted octanol–water partition coefficient (Wildman–Crippen LogP) is 7.88. The van der Waals surface area contributed by atoms with Crippen molar-refractivity contribution >= 4 is 45.8 Å². The van der Waals surface area contributed by atoms with Gasteiger partial charge in [-0.15, -0.1) is 0 Å². The molecule has 9 heteroatoms. The Bertz CT molecular complexity index is 1360. The second-order valence-electron chi connectivity index (χ2n) is 9.67. The van der Waals surface area contributed by atoms with E-state index in [1.165, 1.54) is 19.2 Å². The fourth-order valence-corrected chi connectivity index (χ4v) is 5.75. The fourth-order valence-electron chi connectivity index (χ4n) is 5.15. The van der Waals surface area contributed by atoms with Crippen LogP contribution in [0.4, 0.5) is 13.2 Å². The van der Waals surface area contributed by atoms with Gasteiger partial charge in [-0.05, 0) is 68.0 Å². The van der Waals surface area contributed by atoms with Gasteiger partial charge in [0.1, 0.15) is 0 Å². The van der Waals surface area contributed by atoms with Crippen molar-refractivity contribution in [2.45, 2.75) is 45.8 Å². The van der Waals surface area contributed by atoms with Gasteiger partial charge in [0.2, 0.25) is 0 Å². The number of benzene rings is 2. The van der Waals surface area contributed by atoms with E-state index in [1.807, 2.05) is 16.8 Å². The Hall–Kier alpha value is -2.64. The molecule has 1 fully saturated rings. The number of aromatic nitrogens is 1. The van der Waals surface area contributed by atoms with Gasteiger partial charge >= 0.3 is 12.1 Å². The van der Waals surface area contributed by atoms with E-state index in [9.17, 15) is 18.0 Å². The molecule has 0 radical (unpaired) electrons. The fraction of sp³-hybridized carbons (Fsp3) is 0.393. The first kappa shape index (κ1) is 27.4. The molecule has 1 aromatic heterocycles. The summed E-state index contributed by atoms with van der Waals surface area (Å²) in [5.74, 6) is 0.0828. The molecular formula is C28H29Cl2F3N2O2. The smallest absolute Gasteiger partial charge is 0.416 e. The van der Waals surface area contributed by atoms with Crippen LogP contribution in [0.1, 0.15) is 47.1 Å². The zero-order valence-corrected chi connectivity index (χ0v) is 22.5. The molecule has 1 saturated heterocycles. The van der Waals surface area contributed by atoms with Crippen molar-refractivity contribution in [1.82, 2.24) is 9.47 Å². The molecule has 0 bridgehead atoms. The van der Waals surface area contributed by atoms with Crippen LogP contribution in [0.2, 0.25) is 10.0 Å². The number of fused-ring (bicyclic) bond motifs is 1. The van der Waals surface area contributed by atoms with Crippen LogP contribution in [0.25, 0.3) is 16.6 Å². The first-order valence-electron chi connectivity index (χ1n) is 12.1. The molecule has 2 aromatic carbocycles. The van der Waals surface area contributed by atoms with Crippen LogP contribution >= 0.6 is 23.2 Å². The third kappa shape index (κ3) is 5.63. The molecule has 1 aliphatic rings. The van der Waals surface area contributed by atoms with Gasteiger partial charge in [0, 0.05) is 52.9 Å². The number of carbonyl (C=O) groups excluding carboxylic acids is 1. The maximum Gasteiger partial charge on any atom is 0.416 e. The lowest BCUT2D eigenvalue weighted by Gasteiger charge is -2.35. The first-order valence-corrected chi connectivity index (χ1v) is 12.8. The number of carbonyl (C=O) groups is 1. The molecule has 2 heterocycles. The summed E-state index contributed by atoms with van der Waals surface area (Å²) in [5, 5.41) is 1.50. The van der Waals surface area contributed by atoms with Gasteiger partial charge in [-0.2, -0.15) is 13.2 Å². The molecule has 198 valence electrons. The van der Waals surface area contributed by atoms with Crippen LogP contribution in [0.5, 0.6) is 0 Å². The van der Waals surface area contributed by atoms with Crippen LogP contribution in [-0.4, -0.2) is 35.6 Å². The third-order valence-electron chi connectivity index (χ3n) is 7.19. The highest BCUT2D eigenvalue weighted by Crippen LogP contribution is 2.38. The van der Waals surface area contributed by atoms with Gasteiger partial charge in [-0.25, -0.2) is 0 Å². The Labute approximate surface area is 224 Å². The van der Waals surface area contributed by atoms with Crippen LogP contribution in [0, 0.1) is 19.8 Å². The number of hydrogen-bond acceptors (Lipinski definition) is 3. The molecule has 1 aliphatic heterocycles. The van der Waals surface area contributed by atoms with Gasteiger partial charge in [-0.3, -0.25) is 4.79 Å². The Morgan fingerprint density at radius 3 is 2.43 bits per heavy atom. The van der Waals surface area contributed by atoms with Crippen LogP contribution in [0.15, 0.2) is 37.0 Å². The minimum absolute atomic E-state index is 0.194. The van der Waals surface area contributed by atoms with Crippen molar-refractivity contribution in [3.8, 4) is 0 Å². The average Bonchev–Trinajstić information content (AvgIpc) is 3.17. The number of rotatable bonds is 6. The average molecular weight is 553 g/mol. The van der Waals surface area contributed by atoms with Gasteiger partial charge < -0.3 is 14.2 Å². The minimum Gasteiger partial charge on any atom is -0.469 e. The molecular weight excluding hydrogens is 524 g/mol. The topological polar surface area (TPSA) is 34.5 Å². The largest absolute Gasteiger partial charge is 0.469 e. The van der Waals surface area contributed by atoms with E-state index in [-0.39, 0.29) is 11.9 Å². The van der Waals surface area contributed by atoms with Crippen molar-refractivity contribution in [2.75, 3.05) is 20.2 Å². The van der Waals surface area contributed by atoms with Crippen LogP contribution < -0.4 is 0 Å². The van der Waals surface area contributed by atoms with Gasteiger partial charge in [0.25, 0.3) is 0 Å². The summed E-state index contributed by atoms with van der Waals surface area (Å²) in [7, 11) is 1.40. The first-order chi connectivity index (χ1) is 17.4. The summed E-state index contributed by atoms with van der Waals surface area (Å²) < 4.78 is 46.8. The summed E-state index contributed by atoms with van der Waals surface area (Å²) in [5.41, 5.74) is 3.54. The molecule has 3 aromatic rings. The second-order valence-corrected chi connectivity index (χ2v) is 10.5. The number of alkyl halides is 3. The maximum atomic E-state index is 13.4. The summed E-state index contributed by atoms with van der Waals surface area (Å²) >= 11 is 13.5. The highest BCUT2D eigenvalue weighted by molar-refractivity contribution is 6.37. The number of piperidine rings is 1. The maximum absolute atomic E-state index is 13.4. The molecule has 4 rings (SSSR count). The van der Waals surface area contributed by atoms with Crippen molar-refractivity contribution < 1.29 is 22.7 Å². The molecule has 0 aliphatic carbocycles. The van der Waals surface area contributed by atoms with Gasteiger partial charge in [0.15, 0.2) is 0 Å². The number of ether oxygens (including phenoxy) is 1. The van der Waals surface area contributed by atoms with E-state index >= 15 is 0 Å². The summed E-state index contributed by atoms with van der Waals surface area (Å²) in [6, 6.07) is 5.99. The Morgan fingerprint density at radius 1 is 1.14 bits per heavy atom. The third-order valence-corrected chi connectivity index (χ3v) is 7.98. The van der Waals surface area contributed by atoms with E-state index < -0.39 is 11.7 Å². The number of hydrogen-bond donors (Lipinski definition) is 0. The number of nitrogens with zero attached hydrogens (tertiary/aromatic N) is 2. The van der Waals surface area contributed by atoms with E-state index in [0.717, 1.165) is 48.3 Å². The predicted molar refractivity (Wildman–Crippen MR) is 142 cm³/mol. The van der Waals surface area contributed by atoms with Crippen molar-refractivity contribution in [3.05, 3.63) is 74.9 Å². The SMILES string of the molecule is C=C(c1ccc(Cl)c(Cn2cc(C)c3cc(C(F)(F)F)cc(C)c32)c1Cl)N1CCC(CC(=O)OC)CC1. The monoisotopic (exact) mass is 552 g/mol. The van der Waals surface area contributed by atoms with Crippen LogP contribution in [-0.2, 0) is 22.3 Å². The molecule has 0 unspecified atom stereocenters. The molecule has 0 atom stereocenters. The molecule has 4 nitrogen and oxygen atoms in total. The number of aryl methyl sites for hydroxylation is 2. The van der Waals surface area contributed by atoms with Gasteiger partial charge in [-0.1, -0.05) is 29.8 Å². The molecule has 0 saturated carbocycles. The lowest BCUT2D eigenvalue weighted by molar-refractivity contribution is -0.142. The minimum atomic E-state index is -4.41. The van der Waals surface area contributed by atoms with E-state index in [2.05, 4.69) is 11.5 Å². The second kappa shape index (κ2) is 10.6. The summed E-state index contributed by atoms with van der Waals surface area (Å²) in [6.07, 6.45) is -0.475. The summed E-state index contributed by atoms with van der Waals surface area (Å²) in [4.78, 5) is 13.8. The van der Waals surface area contributed by atoms with Crippen molar-refractivity contribution in [2.24, 2.45) is 5.92 Å². The molecule has 0 amide bonds. The number of esters is 1. The standard InChI is InChI=1S/C28H29Cl2F3N2O2/c1-16-11-20(28(31,32)33)13-22-17(2)14-35(27(16)22)15-23-24(29)6-5-21(26(23)30)18(3)34-9-7-19(8-10-34)12-25(36)37-4/h5-6,11,13-14,19H,3,7-10,12,15H2,1-2,4H3. The van der Waals surface area contributed by atoms with Crippen LogP contribution in [0.3, 0.4) is 0 Å². The number of halogens is 5. The zero-order chi connectivity index (χ0) is 27.1. The quantitative estimate of drug-likeness (QED) is 0.292. The Morgan fingerprint density at radius 2 is 1.81 bits per heavy atom. The highest BCUT2D eigenvalue weighted by atomic mass is 35.5. The molecule has 37 heavy (non-hydrogen) atoms. The number of methoxy groups -OCH3 is 1. The normalized spacial score (nSPS) is 14.9. The van der Waals surface area contributed by atoms with E-state index in [0.29, 0.717) is 39.5 Å². The highest BCUT2D eigenvalue weighted by Gasteiger charge is 2.32. The summed E-state index contributed by atoms with van der Waals surface area (Å²) in [6.45, 7) is 9.55. The van der Waals surface area contributed by atoms with Crippen molar-refractivity contribution in [3.63, 3.8) is 0 Å².